The zero-order valence-electron chi connectivity index (χ0n) is 8.89. The van der Waals surface area contributed by atoms with E-state index in [1.54, 1.807) is 17.7 Å². The van der Waals surface area contributed by atoms with Gasteiger partial charge in [-0.05, 0) is 18.2 Å². The third-order valence-electron chi connectivity index (χ3n) is 2.44. The molecule has 1 aromatic carbocycles. The summed E-state index contributed by atoms with van der Waals surface area (Å²) in [5.41, 5.74) is 1.45. The average molecular weight is 218 g/mol. The van der Waals surface area contributed by atoms with Gasteiger partial charge in [0, 0.05) is 14.0 Å². The number of ketones is 1. The lowest BCUT2D eigenvalue weighted by molar-refractivity contribution is 0.0697. The van der Waals surface area contributed by atoms with Crippen molar-refractivity contribution in [2.75, 3.05) is 0 Å². The SMILES string of the molecule is CC(=O)c1nc2ccc(C(=O)O)cc2n1C. The number of aromatic nitrogens is 2. The number of fused-ring (bicyclic) bond motifs is 1. The van der Waals surface area contributed by atoms with E-state index in [0.29, 0.717) is 16.9 Å². The molecule has 0 aliphatic carbocycles. The number of carbonyl (C=O) groups excluding carboxylic acids is 1. The highest BCUT2D eigenvalue weighted by Crippen LogP contribution is 2.17. The van der Waals surface area contributed by atoms with E-state index in [2.05, 4.69) is 4.98 Å². The number of aryl methyl sites for hydroxylation is 1. The summed E-state index contributed by atoms with van der Waals surface area (Å²) < 4.78 is 1.60. The molecule has 0 aliphatic rings. The van der Waals surface area contributed by atoms with Crippen molar-refractivity contribution in [2.45, 2.75) is 6.92 Å². The lowest BCUT2D eigenvalue weighted by Crippen LogP contribution is -2.03. The molecular weight excluding hydrogens is 208 g/mol. The summed E-state index contributed by atoms with van der Waals surface area (Å²) in [7, 11) is 1.69. The van der Waals surface area contributed by atoms with Crippen LogP contribution in [-0.2, 0) is 7.05 Å². The van der Waals surface area contributed by atoms with Crippen LogP contribution in [0.15, 0.2) is 18.2 Å². The molecule has 5 heteroatoms. The number of aromatic carboxylic acids is 1. The number of benzene rings is 1. The van der Waals surface area contributed by atoms with Crippen molar-refractivity contribution in [1.82, 2.24) is 9.55 Å². The molecule has 1 aromatic heterocycles. The molecule has 0 unspecified atom stereocenters. The zero-order chi connectivity index (χ0) is 11.9. The van der Waals surface area contributed by atoms with Crippen molar-refractivity contribution in [2.24, 2.45) is 7.05 Å². The van der Waals surface area contributed by atoms with E-state index in [1.165, 1.54) is 19.1 Å². The molecular formula is C11H10N2O3. The van der Waals surface area contributed by atoms with E-state index < -0.39 is 5.97 Å². The van der Waals surface area contributed by atoms with Gasteiger partial charge in [0.1, 0.15) is 0 Å². The number of hydrogen-bond donors (Lipinski definition) is 1. The second kappa shape index (κ2) is 3.44. The Kier molecular flexibility index (Phi) is 2.23. The van der Waals surface area contributed by atoms with E-state index in [-0.39, 0.29) is 11.3 Å². The number of nitrogens with zero attached hydrogens (tertiary/aromatic N) is 2. The number of Topliss-reactive ketones (excluding diaryl/α,β-unsaturated/α-hetero) is 1. The third-order valence-corrected chi connectivity index (χ3v) is 2.44. The lowest BCUT2D eigenvalue weighted by Gasteiger charge is -1.98. The maximum Gasteiger partial charge on any atom is 0.335 e. The summed E-state index contributed by atoms with van der Waals surface area (Å²) in [5.74, 6) is -0.805. The molecule has 0 fully saturated rings. The summed E-state index contributed by atoms with van der Waals surface area (Å²) in [6, 6.07) is 4.59. The molecule has 0 saturated heterocycles. The molecule has 0 saturated carbocycles. The van der Waals surface area contributed by atoms with Crippen LogP contribution in [0.5, 0.6) is 0 Å². The second-order valence-electron chi connectivity index (χ2n) is 3.56. The number of carbonyl (C=O) groups is 2. The zero-order valence-corrected chi connectivity index (χ0v) is 8.89. The van der Waals surface area contributed by atoms with Crippen LogP contribution in [0.2, 0.25) is 0 Å². The minimum Gasteiger partial charge on any atom is -0.478 e. The predicted molar refractivity (Wildman–Crippen MR) is 57.7 cm³/mol. The van der Waals surface area contributed by atoms with Crippen LogP contribution in [0, 0.1) is 0 Å². The van der Waals surface area contributed by atoms with Gasteiger partial charge in [-0.1, -0.05) is 0 Å². The van der Waals surface area contributed by atoms with E-state index >= 15 is 0 Å². The first-order valence-corrected chi connectivity index (χ1v) is 4.71. The first-order chi connectivity index (χ1) is 7.50. The van der Waals surface area contributed by atoms with Crippen molar-refractivity contribution < 1.29 is 14.7 Å². The standard InChI is InChI=1S/C11H10N2O3/c1-6(14)10-12-8-4-3-7(11(15)16)5-9(8)13(10)2/h3-5H,1-2H3,(H,15,16). The van der Waals surface area contributed by atoms with Crippen LogP contribution in [0.3, 0.4) is 0 Å². The van der Waals surface area contributed by atoms with Crippen LogP contribution in [0.1, 0.15) is 27.9 Å². The van der Waals surface area contributed by atoms with Crippen molar-refractivity contribution in [1.29, 1.82) is 0 Å². The highest BCUT2D eigenvalue weighted by atomic mass is 16.4. The monoisotopic (exact) mass is 218 g/mol. The van der Waals surface area contributed by atoms with Crippen molar-refractivity contribution in [3.05, 3.63) is 29.6 Å². The van der Waals surface area contributed by atoms with Crippen molar-refractivity contribution >= 4 is 22.8 Å². The number of hydrogen-bond acceptors (Lipinski definition) is 3. The lowest BCUT2D eigenvalue weighted by atomic mass is 10.2. The van der Waals surface area contributed by atoms with Crippen molar-refractivity contribution in [3.63, 3.8) is 0 Å². The van der Waals surface area contributed by atoms with Gasteiger partial charge in [0.2, 0.25) is 0 Å². The highest BCUT2D eigenvalue weighted by molar-refractivity contribution is 5.97. The second-order valence-corrected chi connectivity index (χ2v) is 3.56. The molecule has 1 heterocycles. The number of rotatable bonds is 2. The third kappa shape index (κ3) is 1.46. The Morgan fingerprint density at radius 3 is 2.62 bits per heavy atom. The Labute approximate surface area is 91.3 Å². The normalized spacial score (nSPS) is 10.6. The summed E-state index contributed by atoms with van der Waals surface area (Å²) in [5, 5.41) is 8.85. The molecule has 0 atom stereocenters. The summed E-state index contributed by atoms with van der Waals surface area (Å²) in [6.07, 6.45) is 0. The Hall–Kier alpha value is -2.17. The molecule has 2 rings (SSSR count). The largest absolute Gasteiger partial charge is 0.478 e. The van der Waals surface area contributed by atoms with Crippen LogP contribution in [-0.4, -0.2) is 26.4 Å². The van der Waals surface area contributed by atoms with Crippen LogP contribution in [0.25, 0.3) is 11.0 Å². The van der Waals surface area contributed by atoms with Gasteiger partial charge in [-0.15, -0.1) is 0 Å². The van der Waals surface area contributed by atoms with E-state index in [4.69, 9.17) is 5.11 Å². The van der Waals surface area contributed by atoms with Gasteiger partial charge in [0.15, 0.2) is 11.6 Å². The minimum atomic E-state index is -0.993. The van der Waals surface area contributed by atoms with Gasteiger partial charge >= 0.3 is 5.97 Å². The summed E-state index contributed by atoms with van der Waals surface area (Å²) in [6.45, 7) is 1.43. The molecule has 0 amide bonds. The number of imidazole rings is 1. The molecule has 1 N–H and O–H groups in total. The van der Waals surface area contributed by atoms with Gasteiger partial charge in [-0.3, -0.25) is 4.79 Å². The fourth-order valence-electron chi connectivity index (χ4n) is 1.64. The maximum absolute atomic E-state index is 11.3. The van der Waals surface area contributed by atoms with Gasteiger partial charge in [-0.25, -0.2) is 9.78 Å². The van der Waals surface area contributed by atoms with Crippen LogP contribution in [0.4, 0.5) is 0 Å². The fraction of sp³-hybridized carbons (Fsp3) is 0.182. The van der Waals surface area contributed by atoms with Gasteiger partial charge in [0.05, 0.1) is 16.6 Å². The smallest absolute Gasteiger partial charge is 0.335 e. The molecule has 0 aliphatic heterocycles. The Bertz CT molecular complexity index is 599. The summed E-state index contributed by atoms with van der Waals surface area (Å²) in [4.78, 5) is 26.2. The fourth-order valence-corrected chi connectivity index (χ4v) is 1.64. The Morgan fingerprint density at radius 2 is 2.06 bits per heavy atom. The van der Waals surface area contributed by atoms with E-state index in [1.807, 2.05) is 0 Å². The average Bonchev–Trinajstić information content (AvgIpc) is 2.56. The molecule has 5 nitrogen and oxygen atoms in total. The number of carboxylic acids is 1. The van der Waals surface area contributed by atoms with Crippen LogP contribution >= 0.6 is 0 Å². The molecule has 0 spiro atoms. The number of carboxylic acid groups (broad SMARTS) is 1. The predicted octanol–water partition coefficient (Wildman–Crippen LogP) is 1.47. The molecule has 0 radical (unpaired) electrons. The molecule has 0 bridgehead atoms. The van der Waals surface area contributed by atoms with Gasteiger partial charge < -0.3 is 9.67 Å². The molecule has 2 aromatic rings. The van der Waals surface area contributed by atoms with Crippen molar-refractivity contribution in [3.8, 4) is 0 Å². The summed E-state index contributed by atoms with van der Waals surface area (Å²) >= 11 is 0. The molecule has 16 heavy (non-hydrogen) atoms. The topological polar surface area (TPSA) is 72.2 Å². The minimum absolute atomic E-state index is 0.143. The van der Waals surface area contributed by atoms with Gasteiger partial charge in [-0.2, -0.15) is 0 Å². The first-order valence-electron chi connectivity index (χ1n) is 4.71. The maximum atomic E-state index is 11.3. The van der Waals surface area contributed by atoms with Gasteiger partial charge in [0.25, 0.3) is 0 Å². The highest BCUT2D eigenvalue weighted by Gasteiger charge is 2.13. The molecule has 82 valence electrons. The first kappa shape index (κ1) is 10.4. The van der Waals surface area contributed by atoms with E-state index in [0.717, 1.165) is 0 Å². The quantitative estimate of drug-likeness (QED) is 0.775. The Balaban J connectivity index is 2.73. The van der Waals surface area contributed by atoms with E-state index in [9.17, 15) is 9.59 Å². The Morgan fingerprint density at radius 1 is 1.38 bits per heavy atom. The van der Waals surface area contributed by atoms with Crippen LogP contribution < -0.4 is 0 Å².